The fourth-order valence-corrected chi connectivity index (χ4v) is 5.11. The zero-order valence-corrected chi connectivity index (χ0v) is 18.3. The second-order valence-electron chi connectivity index (χ2n) is 6.35. The minimum absolute atomic E-state index is 0.231. The minimum atomic E-state index is -0.231. The molecule has 6 nitrogen and oxygen atoms in total. The quantitative estimate of drug-likeness (QED) is 0.360. The molecule has 1 fully saturated rings. The monoisotopic (exact) mass is 571 g/mol. The molecule has 1 saturated heterocycles. The number of hydrogen-bond donors (Lipinski definition) is 0. The van der Waals surface area contributed by atoms with Gasteiger partial charge in [0.2, 0.25) is 0 Å². The van der Waals surface area contributed by atoms with E-state index in [4.69, 9.17) is 11.6 Å². The lowest BCUT2D eigenvalue weighted by atomic mass is 10.1. The number of halogens is 3. The summed E-state index contributed by atoms with van der Waals surface area (Å²) in [4.78, 5) is 21.4. The molecule has 1 unspecified atom stereocenters. The van der Waals surface area contributed by atoms with Gasteiger partial charge in [0, 0.05) is 56.1 Å². The number of aryl methyl sites for hydroxylation is 1. The summed E-state index contributed by atoms with van der Waals surface area (Å²) < 4.78 is 3.89. The standard InChI is InChI=1S/C15H16ClI2N5O/c1-8-5-10-11-13(12(8)16)20(2)6-9-7-21(17)3-4-22(9)14(11)19-15(24)23(10)18/h5,9H,3-4,6-7H2,1-2H3. The molecule has 4 rings (SSSR count). The van der Waals surface area contributed by atoms with Crippen molar-refractivity contribution in [2.45, 2.75) is 13.0 Å². The molecule has 0 radical (unpaired) electrons. The van der Waals surface area contributed by atoms with Crippen LogP contribution in [0.25, 0.3) is 10.9 Å². The van der Waals surface area contributed by atoms with Crippen LogP contribution in [0.15, 0.2) is 10.9 Å². The van der Waals surface area contributed by atoms with Crippen molar-refractivity contribution in [3.8, 4) is 0 Å². The molecule has 1 aromatic heterocycles. The average Bonchev–Trinajstić information content (AvgIpc) is 2.64. The average molecular weight is 572 g/mol. The van der Waals surface area contributed by atoms with Crippen LogP contribution in [-0.2, 0) is 0 Å². The van der Waals surface area contributed by atoms with E-state index in [0.717, 1.165) is 59.2 Å². The van der Waals surface area contributed by atoms with Crippen LogP contribution >= 0.6 is 57.3 Å². The maximum Gasteiger partial charge on any atom is 0.359 e. The van der Waals surface area contributed by atoms with Crippen LogP contribution < -0.4 is 15.5 Å². The predicted octanol–water partition coefficient (Wildman–Crippen LogP) is 2.85. The fraction of sp³-hybridized carbons (Fsp3) is 0.467. The van der Waals surface area contributed by atoms with Gasteiger partial charge in [-0.3, -0.25) is 0 Å². The van der Waals surface area contributed by atoms with Crippen LogP contribution in [-0.4, -0.2) is 50.1 Å². The molecule has 0 amide bonds. The molecule has 24 heavy (non-hydrogen) atoms. The van der Waals surface area contributed by atoms with Crippen LogP contribution in [0.4, 0.5) is 11.5 Å². The van der Waals surface area contributed by atoms with Gasteiger partial charge in [-0.25, -0.2) is 10.7 Å². The molecular weight excluding hydrogens is 555 g/mol. The highest BCUT2D eigenvalue weighted by molar-refractivity contribution is 14.1. The molecule has 0 bridgehead atoms. The highest BCUT2D eigenvalue weighted by Gasteiger charge is 2.35. The Bertz CT molecular complexity index is 902. The first-order valence-corrected chi connectivity index (χ1v) is 9.99. The molecule has 0 saturated carbocycles. The van der Waals surface area contributed by atoms with Gasteiger partial charge in [-0.05, 0) is 18.6 Å². The highest BCUT2D eigenvalue weighted by Crippen LogP contribution is 2.43. The normalized spacial score (nSPS) is 21.1. The zero-order chi connectivity index (χ0) is 17.2. The van der Waals surface area contributed by atoms with Crippen LogP contribution in [0.2, 0.25) is 5.02 Å². The first-order chi connectivity index (χ1) is 11.4. The predicted molar refractivity (Wildman–Crippen MR) is 115 cm³/mol. The van der Waals surface area contributed by atoms with Crippen LogP contribution in [0.1, 0.15) is 5.56 Å². The molecule has 3 heterocycles. The third-order valence-corrected chi connectivity index (χ3v) is 7.06. The Hall–Kier alpha value is -0.330. The third kappa shape index (κ3) is 2.52. The van der Waals surface area contributed by atoms with E-state index in [9.17, 15) is 4.79 Å². The Balaban J connectivity index is 2.10. The van der Waals surface area contributed by atoms with E-state index in [1.54, 1.807) is 2.78 Å². The van der Waals surface area contributed by atoms with Crippen molar-refractivity contribution in [2.75, 3.05) is 43.0 Å². The summed E-state index contributed by atoms with van der Waals surface area (Å²) in [6, 6.07) is 2.27. The maximum atomic E-state index is 12.4. The van der Waals surface area contributed by atoms with Crippen LogP contribution in [0.5, 0.6) is 0 Å². The summed E-state index contributed by atoms with van der Waals surface area (Å²) >= 11 is 11.1. The number of anilines is 2. The molecular formula is C15H16ClI2N5O. The van der Waals surface area contributed by atoms with Gasteiger partial charge >= 0.3 is 5.69 Å². The van der Waals surface area contributed by atoms with Gasteiger partial charge in [0.15, 0.2) is 0 Å². The lowest BCUT2D eigenvalue weighted by molar-refractivity contribution is 0.385. The number of hydrogen-bond acceptors (Lipinski definition) is 5. The van der Waals surface area contributed by atoms with Gasteiger partial charge in [0.05, 0.1) is 50.5 Å². The third-order valence-electron chi connectivity index (χ3n) is 4.78. The number of nitrogens with zero attached hydrogens (tertiary/aromatic N) is 5. The van der Waals surface area contributed by atoms with Crippen molar-refractivity contribution in [1.29, 1.82) is 0 Å². The molecule has 2 aliphatic rings. The van der Waals surface area contributed by atoms with E-state index in [1.165, 1.54) is 0 Å². The Morgan fingerprint density at radius 1 is 1.29 bits per heavy atom. The summed E-state index contributed by atoms with van der Waals surface area (Å²) in [5, 5.41) is 1.72. The van der Waals surface area contributed by atoms with Crippen molar-refractivity contribution in [2.24, 2.45) is 0 Å². The van der Waals surface area contributed by atoms with Crippen LogP contribution in [0.3, 0.4) is 0 Å². The van der Waals surface area contributed by atoms with Crippen molar-refractivity contribution in [3.05, 3.63) is 27.1 Å². The molecule has 1 aromatic carbocycles. The lowest BCUT2D eigenvalue weighted by Crippen LogP contribution is -2.54. The van der Waals surface area contributed by atoms with Gasteiger partial charge in [-0.15, -0.1) is 0 Å². The second-order valence-corrected chi connectivity index (χ2v) is 9.05. The van der Waals surface area contributed by atoms with E-state index >= 15 is 0 Å². The van der Waals surface area contributed by atoms with Gasteiger partial charge in [-0.2, -0.15) is 4.98 Å². The molecule has 2 aliphatic heterocycles. The van der Waals surface area contributed by atoms with Crippen molar-refractivity contribution in [1.82, 2.24) is 10.9 Å². The largest absolute Gasteiger partial charge is 0.371 e. The van der Waals surface area contributed by atoms with Crippen molar-refractivity contribution < 1.29 is 0 Å². The number of piperazine rings is 1. The molecule has 128 valence electrons. The lowest BCUT2D eigenvalue weighted by Gasteiger charge is -2.39. The van der Waals surface area contributed by atoms with E-state index < -0.39 is 0 Å². The Kier molecular flexibility index (Phi) is 4.37. The number of aromatic nitrogens is 2. The highest BCUT2D eigenvalue weighted by atomic mass is 127. The molecule has 1 atom stereocenters. The molecule has 2 aromatic rings. The number of likely N-dealkylation sites (N-methyl/N-ethyl adjacent to an activating group) is 1. The van der Waals surface area contributed by atoms with Gasteiger partial charge < -0.3 is 9.80 Å². The topological polar surface area (TPSA) is 44.6 Å². The van der Waals surface area contributed by atoms with E-state index in [1.807, 2.05) is 35.9 Å². The summed E-state index contributed by atoms with van der Waals surface area (Å²) in [6.45, 7) is 5.58. The Morgan fingerprint density at radius 3 is 2.79 bits per heavy atom. The van der Waals surface area contributed by atoms with Crippen molar-refractivity contribution >= 4 is 79.7 Å². The summed E-state index contributed by atoms with van der Waals surface area (Å²) in [7, 11) is 2.07. The summed E-state index contributed by atoms with van der Waals surface area (Å²) in [6.07, 6.45) is 0. The fourth-order valence-electron chi connectivity index (χ4n) is 3.65. The van der Waals surface area contributed by atoms with Crippen molar-refractivity contribution in [3.63, 3.8) is 0 Å². The van der Waals surface area contributed by atoms with E-state index in [2.05, 4.69) is 47.8 Å². The van der Waals surface area contributed by atoms with E-state index in [-0.39, 0.29) is 11.7 Å². The van der Waals surface area contributed by atoms with Gasteiger partial charge in [-0.1, -0.05) is 11.6 Å². The minimum Gasteiger partial charge on any atom is -0.371 e. The molecule has 0 N–H and O–H groups in total. The molecule has 9 heteroatoms. The maximum absolute atomic E-state index is 12.4. The Labute approximate surface area is 172 Å². The first kappa shape index (κ1) is 17.1. The summed E-state index contributed by atoms with van der Waals surface area (Å²) in [5.74, 6) is 0.777. The second kappa shape index (κ2) is 6.13. The number of rotatable bonds is 0. The zero-order valence-electron chi connectivity index (χ0n) is 13.3. The van der Waals surface area contributed by atoms with Gasteiger partial charge in [0.25, 0.3) is 0 Å². The summed E-state index contributed by atoms with van der Waals surface area (Å²) in [5.41, 5.74) is 2.61. The van der Waals surface area contributed by atoms with E-state index in [0.29, 0.717) is 0 Å². The first-order valence-electron chi connectivity index (χ1n) is 7.69. The molecule has 0 aliphatic carbocycles. The number of benzene rings is 1. The molecule has 0 spiro atoms. The smallest absolute Gasteiger partial charge is 0.359 e. The van der Waals surface area contributed by atoms with Crippen LogP contribution in [0, 0.1) is 6.92 Å². The SMILES string of the molecule is Cc1cc2c3c(nc(=O)n2I)N2CCN(I)CC2CN(C)c3c1Cl. The van der Waals surface area contributed by atoms with Gasteiger partial charge in [0.1, 0.15) is 5.82 Å². The number of fused-ring (bicyclic) bond motifs is 2. The Morgan fingerprint density at radius 2 is 2.04 bits per heavy atom.